The van der Waals surface area contributed by atoms with Crippen LogP contribution in [0, 0.1) is 0 Å². The number of hydrogen-bond donors (Lipinski definition) is 5. The van der Waals surface area contributed by atoms with E-state index in [4.69, 9.17) is 34.2 Å². The molecule has 0 saturated carbocycles. The van der Waals surface area contributed by atoms with E-state index in [0.717, 1.165) is 19.3 Å². The second kappa shape index (κ2) is 18.5. The molecule has 0 aliphatic carbocycles. The number of carbonyl (C=O) groups is 2. The molecule has 0 radical (unpaired) electrons. The minimum atomic E-state index is -1.36. The van der Waals surface area contributed by atoms with E-state index in [-0.39, 0.29) is 32.7 Å². The van der Waals surface area contributed by atoms with E-state index in [1.807, 2.05) is 6.92 Å². The van der Waals surface area contributed by atoms with Crippen LogP contribution in [0.3, 0.4) is 0 Å². The van der Waals surface area contributed by atoms with Gasteiger partial charge in [0, 0.05) is 33.7 Å². The van der Waals surface area contributed by atoms with E-state index in [1.165, 1.54) is 25.6 Å². The molecular formula is C26H47NO12S. The summed E-state index contributed by atoms with van der Waals surface area (Å²) >= 11 is 1.39. The number of thioether (sulfide) groups is 1. The van der Waals surface area contributed by atoms with Crippen LogP contribution in [-0.2, 0) is 38.0 Å². The summed E-state index contributed by atoms with van der Waals surface area (Å²) in [5.41, 5.74) is 4.84. The van der Waals surface area contributed by atoms with Crippen molar-refractivity contribution in [1.82, 2.24) is 0 Å². The summed E-state index contributed by atoms with van der Waals surface area (Å²) in [5, 5.41) is 41.4. The van der Waals surface area contributed by atoms with Gasteiger partial charge in [0.1, 0.15) is 29.9 Å². The highest BCUT2D eigenvalue weighted by atomic mass is 32.2. The molecule has 14 heteroatoms. The van der Waals surface area contributed by atoms with E-state index >= 15 is 0 Å². The van der Waals surface area contributed by atoms with Crippen molar-refractivity contribution in [1.29, 1.82) is 0 Å². The first kappa shape index (κ1) is 35.1. The smallest absolute Gasteiger partial charge is 0.303 e. The Labute approximate surface area is 239 Å². The molecule has 0 bridgehead atoms. The predicted octanol–water partition coefficient (Wildman–Crippen LogP) is -0.171. The first-order valence-corrected chi connectivity index (χ1v) is 15.0. The monoisotopic (exact) mass is 597 g/mol. The lowest BCUT2D eigenvalue weighted by Gasteiger charge is -2.48. The average molecular weight is 598 g/mol. The number of aliphatic hydroxyl groups is 4. The molecule has 2 aliphatic rings. The van der Waals surface area contributed by atoms with Crippen LogP contribution in [0.15, 0.2) is 0 Å². The van der Waals surface area contributed by atoms with Crippen molar-refractivity contribution in [3.05, 3.63) is 0 Å². The Morgan fingerprint density at radius 2 is 1.45 bits per heavy atom. The summed E-state index contributed by atoms with van der Waals surface area (Å²) in [6.45, 7) is 4.56. The van der Waals surface area contributed by atoms with Gasteiger partial charge in [-0.3, -0.25) is 9.59 Å². The summed E-state index contributed by atoms with van der Waals surface area (Å²) in [4.78, 5) is 24.2. The molecule has 0 spiro atoms. The fourth-order valence-corrected chi connectivity index (χ4v) is 5.99. The van der Waals surface area contributed by atoms with Crippen LogP contribution >= 0.6 is 11.8 Å². The molecule has 10 atom stereocenters. The van der Waals surface area contributed by atoms with Crippen molar-refractivity contribution in [3.8, 4) is 0 Å². The first-order valence-electron chi connectivity index (χ1n) is 14.0. The van der Waals surface area contributed by atoms with Gasteiger partial charge in [0.05, 0.1) is 12.2 Å². The molecule has 6 N–H and O–H groups in total. The fourth-order valence-electron chi connectivity index (χ4n) is 4.77. The molecule has 2 saturated heterocycles. The van der Waals surface area contributed by atoms with E-state index in [1.54, 1.807) is 0 Å². The molecule has 0 unspecified atom stereocenters. The topological polar surface area (TPSA) is 196 Å². The number of esters is 2. The van der Waals surface area contributed by atoms with Gasteiger partial charge < -0.3 is 54.6 Å². The molecule has 2 rings (SSSR count). The number of unbranched alkanes of at least 4 members (excludes halogenated alkanes) is 2. The summed E-state index contributed by atoms with van der Waals surface area (Å²) < 4.78 is 35.3. The first-order chi connectivity index (χ1) is 19.2. The van der Waals surface area contributed by atoms with Crippen molar-refractivity contribution < 1.29 is 58.4 Å². The Balaban J connectivity index is 2.40. The molecule has 40 heavy (non-hydrogen) atoms. The van der Waals surface area contributed by atoms with Crippen molar-refractivity contribution >= 4 is 23.7 Å². The van der Waals surface area contributed by atoms with Gasteiger partial charge in [-0.25, -0.2) is 0 Å². The zero-order valence-corrected chi connectivity index (χ0v) is 24.4. The van der Waals surface area contributed by atoms with Crippen LogP contribution < -0.4 is 5.73 Å². The summed E-state index contributed by atoms with van der Waals surface area (Å²) in [6, 6.07) is 0. The van der Waals surface area contributed by atoms with Crippen molar-refractivity contribution in [2.24, 2.45) is 5.73 Å². The molecule has 2 fully saturated rings. The number of nitrogens with two attached hydrogens (primary N) is 1. The lowest BCUT2D eigenvalue weighted by Crippen LogP contribution is -2.65. The molecule has 13 nitrogen and oxygen atoms in total. The normalized spacial score (nSPS) is 34.4. The van der Waals surface area contributed by atoms with E-state index in [9.17, 15) is 30.0 Å². The van der Waals surface area contributed by atoms with E-state index in [0.29, 0.717) is 18.7 Å². The second-order valence-electron chi connectivity index (χ2n) is 9.90. The van der Waals surface area contributed by atoms with Gasteiger partial charge in [-0.15, -0.1) is 11.8 Å². The summed E-state index contributed by atoms with van der Waals surface area (Å²) in [5.74, 6) is -0.638. The summed E-state index contributed by atoms with van der Waals surface area (Å²) in [6.07, 6.45) is -6.97. The standard InChI is InChI=1S/C26H47NO12S/c1-4-13-34-21-19(32)17(8-11-28)37-25(23(21)35-15(2)30)39-22-20(33)18(9-12-29)38-26(24(22)36-16(3)31)40-14-7-5-6-10-27/h17-26,28-29,32-33H,4-14,27H2,1-3H3/t17-,18-,19-,20-,21+,22+,23+,24+,25-,26-/m1/s1. The number of aliphatic hydroxyl groups excluding tert-OH is 4. The maximum Gasteiger partial charge on any atom is 0.303 e. The predicted molar refractivity (Wildman–Crippen MR) is 144 cm³/mol. The van der Waals surface area contributed by atoms with Gasteiger partial charge in [0.2, 0.25) is 0 Å². The Morgan fingerprint density at radius 1 is 0.850 bits per heavy atom. The lowest BCUT2D eigenvalue weighted by molar-refractivity contribution is -0.340. The lowest BCUT2D eigenvalue weighted by atomic mass is 9.95. The summed E-state index contributed by atoms with van der Waals surface area (Å²) in [7, 11) is 0. The Kier molecular flexibility index (Phi) is 16.2. The molecule has 0 aromatic carbocycles. The number of carbonyl (C=O) groups excluding carboxylic acids is 2. The highest BCUT2D eigenvalue weighted by Crippen LogP contribution is 2.37. The van der Waals surface area contributed by atoms with Gasteiger partial charge in [-0.2, -0.15) is 0 Å². The zero-order chi connectivity index (χ0) is 29.7. The van der Waals surface area contributed by atoms with Crippen LogP contribution in [0.25, 0.3) is 0 Å². The maximum absolute atomic E-state index is 12.1. The molecule has 2 heterocycles. The van der Waals surface area contributed by atoms with Gasteiger partial charge in [0.25, 0.3) is 0 Å². The van der Waals surface area contributed by atoms with Crippen LogP contribution in [0.1, 0.15) is 59.3 Å². The Bertz CT molecular complexity index is 748. The molecule has 0 aromatic rings. The van der Waals surface area contributed by atoms with Gasteiger partial charge in [-0.1, -0.05) is 13.3 Å². The minimum Gasteiger partial charge on any atom is -0.456 e. The second-order valence-corrected chi connectivity index (χ2v) is 11.1. The largest absolute Gasteiger partial charge is 0.456 e. The number of hydrogen-bond acceptors (Lipinski definition) is 14. The Hall–Kier alpha value is -1.07. The van der Waals surface area contributed by atoms with Crippen molar-refractivity contribution in [3.63, 3.8) is 0 Å². The quantitative estimate of drug-likeness (QED) is 0.109. The molecule has 2 aliphatic heterocycles. The molecule has 234 valence electrons. The van der Waals surface area contributed by atoms with Gasteiger partial charge >= 0.3 is 11.9 Å². The third-order valence-electron chi connectivity index (χ3n) is 6.60. The SMILES string of the molecule is CCCO[C@H]1[C@H](O)[C@@H](CCO)O[C@H](O[C@H]2[C@H](O)[C@@H](CCO)O[C@H](SCCCCCN)[C@H]2OC(C)=O)[C@H]1OC(C)=O. The third kappa shape index (κ3) is 10.3. The Morgan fingerprint density at radius 3 is 2.02 bits per heavy atom. The fraction of sp³-hybridized carbons (Fsp3) is 0.923. The van der Waals surface area contributed by atoms with Crippen LogP contribution in [-0.4, -0.2) is 125 Å². The van der Waals surface area contributed by atoms with Crippen LogP contribution in [0.5, 0.6) is 0 Å². The highest BCUT2D eigenvalue weighted by Gasteiger charge is 2.54. The van der Waals surface area contributed by atoms with E-state index in [2.05, 4.69) is 0 Å². The van der Waals surface area contributed by atoms with Crippen molar-refractivity contribution in [2.75, 3.05) is 32.1 Å². The van der Waals surface area contributed by atoms with E-state index < -0.39 is 72.5 Å². The highest BCUT2D eigenvalue weighted by molar-refractivity contribution is 7.99. The zero-order valence-electron chi connectivity index (χ0n) is 23.6. The van der Waals surface area contributed by atoms with Crippen molar-refractivity contribution in [2.45, 2.75) is 120 Å². The molecule has 0 amide bonds. The van der Waals surface area contributed by atoms with Crippen LogP contribution in [0.4, 0.5) is 0 Å². The number of rotatable bonds is 17. The average Bonchev–Trinajstić information content (AvgIpc) is 2.90. The number of ether oxygens (including phenoxy) is 6. The van der Waals surface area contributed by atoms with Gasteiger partial charge in [0.15, 0.2) is 18.5 Å². The maximum atomic E-state index is 12.1. The molecule has 0 aromatic heterocycles. The van der Waals surface area contributed by atoms with Gasteiger partial charge in [-0.05, 0) is 44.4 Å². The minimum absolute atomic E-state index is 0.0396. The van der Waals surface area contributed by atoms with Crippen LogP contribution in [0.2, 0.25) is 0 Å². The molecular weight excluding hydrogens is 550 g/mol. The third-order valence-corrected chi connectivity index (χ3v) is 7.84.